The fraction of sp³-hybridized carbons (Fsp3) is 0.250. The molecule has 20 heavy (non-hydrogen) atoms. The molecule has 0 aliphatic carbocycles. The number of likely N-dealkylation sites (N-methyl/N-ethyl adjacent to an activating group) is 1. The lowest BCUT2D eigenvalue weighted by molar-refractivity contribution is 0.0954. The van der Waals surface area contributed by atoms with Crippen LogP contribution in [0.2, 0.25) is 0 Å². The number of nitrogens with zero attached hydrogens (tertiary/aromatic N) is 3. The number of imidazole rings is 1. The van der Waals surface area contributed by atoms with Crippen LogP contribution in [0.5, 0.6) is 0 Å². The summed E-state index contributed by atoms with van der Waals surface area (Å²) in [6.07, 6.45) is 6.71. The van der Waals surface area contributed by atoms with Gasteiger partial charge in [-0.3, -0.25) is 9.36 Å². The normalized spacial score (nSPS) is 9.25. The van der Waals surface area contributed by atoms with Crippen molar-refractivity contribution < 1.29 is 4.79 Å². The van der Waals surface area contributed by atoms with Gasteiger partial charge in [0.15, 0.2) is 0 Å². The fourth-order valence-corrected chi connectivity index (χ4v) is 1.50. The second-order valence-corrected chi connectivity index (χ2v) is 3.73. The number of rotatable bonds is 5. The second kappa shape index (κ2) is 9.30. The Bertz CT molecular complexity index is 518. The lowest BCUT2D eigenvalue weighted by atomic mass is 10.2. The average molecular weight is 318 g/mol. The molecule has 0 fully saturated rings. The van der Waals surface area contributed by atoms with Gasteiger partial charge in [-0.05, 0) is 19.2 Å². The van der Waals surface area contributed by atoms with Gasteiger partial charge in [-0.25, -0.2) is 9.97 Å². The van der Waals surface area contributed by atoms with E-state index in [2.05, 4.69) is 20.6 Å². The van der Waals surface area contributed by atoms with Crippen molar-refractivity contribution in [1.82, 2.24) is 25.2 Å². The minimum absolute atomic E-state index is 0. The van der Waals surface area contributed by atoms with Crippen molar-refractivity contribution in [3.8, 4) is 5.82 Å². The highest BCUT2D eigenvalue weighted by atomic mass is 35.5. The first-order valence-electron chi connectivity index (χ1n) is 5.68. The molecule has 0 aliphatic heterocycles. The summed E-state index contributed by atoms with van der Waals surface area (Å²) in [5, 5.41) is 5.79. The van der Waals surface area contributed by atoms with Crippen molar-refractivity contribution in [1.29, 1.82) is 0 Å². The van der Waals surface area contributed by atoms with E-state index in [1.165, 1.54) is 0 Å². The molecule has 0 atom stereocenters. The summed E-state index contributed by atoms with van der Waals surface area (Å²) in [4.78, 5) is 20.0. The zero-order chi connectivity index (χ0) is 12.8. The first-order valence-corrected chi connectivity index (χ1v) is 5.68. The van der Waals surface area contributed by atoms with Crippen LogP contribution in [0.25, 0.3) is 5.82 Å². The standard InChI is InChI=1S/C12H15N5O.2ClH/c1-13-4-5-16-12(18)10-2-3-15-11(8-10)17-7-6-14-9-17;;/h2-3,6-9,13H,4-5H2,1H3,(H,16,18);2*1H. The van der Waals surface area contributed by atoms with Crippen molar-refractivity contribution in [3.05, 3.63) is 42.6 Å². The summed E-state index contributed by atoms with van der Waals surface area (Å²) in [5.74, 6) is 0.572. The van der Waals surface area contributed by atoms with E-state index in [0.717, 1.165) is 6.54 Å². The second-order valence-electron chi connectivity index (χ2n) is 3.73. The number of carbonyl (C=O) groups is 1. The van der Waals surface area contributed by atoms with Crippen LogP contribution in [-0.2, 0) is 0 Å². The largest absolute Gasteiger partial charge is 0.351 e. The Hall–Kier alpha value is -1.63. The van der Waals surface area contributed by atoms with Gasteiger partial charge in [-0.2, -0.15) is 0 Å². The van der Waals surface area contributed by atoms with E-state index >= 15 is 0 Å². The smallest absolute Gasteiger partial charge is 0.251 e. The summed E-state index contributed by atoms with van der Waals surface area (Å²) >= 11 is 0. The number of nitrogens with one attached hydrogen (secondary N) is 2. The van der Waals surface area contributed by atoms with E-state index in [9.17, 15) is 4.79 Å². The summed E-state index contributed by atoms with van der Waals surface area (Å²) in [7, 11) is 1.84. The van der Waals surface area contributed by atoms with Gasteiger partial charge in [0, 0.05) is 37.2 Å². The molecule has 0 saturated heterocycles. The van der Waals surface area contributed by atoms with Gasteiger partial charge in [0.25, 0.3) is 5.91 Å². The van der Waals surface area contributed by atoms with Crippen molar-refractivity contribution >= 4 is 30.7 Å². The fourth-order valence-electron chi connectivity index (χ4n) is 1.50. The molecular formula is C12H17Cl2N5O. The SMILES string of the molecule is CNCCNC(=O)c1ccnc(-n2ccnc2)c1.Cl.Cl. The quantitative estimate of drug-likeness (QED) is 0.809. The van der Waals surface area contributed by atoms with E-state index in [4.69, 9.17) is 0 Å². The van der Waals surface area contributed by atoms with Crippen molar-refractivity contribution in [2.45, 2.75) is 0 Å². The molecule has 2 N–H and O–H groups in total. The van der Waals surface area contributed by atoms with Crippen LogP contribution in [-0.4, -0.2) is 40.6 Å². The van der Waals surface area contributed by atoms with E-state index in [1.54, 1.807) is 41.6 Å². The summed E-state index contributed by atoms with van der Waals surface area (Å²) in [6, 6.07) is 3.42. The molecule has 0 aliphatic rings. The number of hydrogen-bond acceptors (Lipinski definition) is 4. The molecule has 0 spiro atoms. The Balaban J connectivity index is 0.00000180. The molecular weight excluding hydrogens is 301 g/mol. The maximum absolute atomic E-state index is 11.8. The van der Waals surface area contributed by atoms with E-state index < -0.39 is 0 Å². The predicted molar refractivity (Wildman–Crippen MR) is 82.1 cm³/mol. The molecule has 2 aromatic heterocycles. The molecule has 110 valence electrons. The third-order valence-corrected chi connectivity index (χ3v) is 2.44. The molecule has 0 aromatic carbocycles. The molecule has 0 unspecified atom stereocenters. The van der Waals surface area contributed by atoms with Crippen LogP contribution in [0, 0.1) is 0 Å². The predicted octanol–water partition coefficient (Wildman–Crippen LogP) is 1.06. The number of aromatic nitrogens is 3. The molecule has 0 radical (unpaired) electrons. The van der Waals surface area contributed by atoms with Crippen LogP contribution < -0.4 is 10.6 Å². The van der Waals surface area contributed by atoms with Gasteiger partial charge in [-0.1, -0.05) is 0 Å². The number of halogens is 2. The summed E-state index contributed by atoms with van der Waals surface area (Å²) < 4.78 is 1.75. The Morgan fingerprint density at radius 1 is 1.30 bits per heavy atom. The summed E-state index contributed by atoms with van der Waals surface area (Å²) in [6.45, 7) is 1.34. The average Bonchev–Trinajstić information content (AvgIpc) is 2.93. The molecule has 0 bridgehead atoms. The lowest BCUT2D eigenvalue weighted by Crippen LogP contribution is -2.30. The maximum Gasteiger partial charge on any atom is 0.251 e. The topological polar surface area (TPSA) is 71.8 Å². The number of hydrogen-bond donors (Lipinski definition) is 2. The highest BCUT2D eigenvalue weighted by molar-refractivity contribution is 5.94. The van der Waals surface area contributed by atoms with E-state index in [0.29, 0.717) is 17.9 Å². The van der Waals surface area contributed by atoms with Crippen LogP contribution in [0.1, 0.15) is 10.4 Å². The van der Waals surface area contributed by atoms with E-state index in [1.807, 2.05) is 7.05 Å². The molecule has 0 saturated carbocycles. The van der Waals surface area contributed by atoms with Crippen LogP contribution in [0.3, 0.4) is 0 Å². The molecule has 2 heterocycles. The highest BCUT2D eigenvalue weighted by Crippen LogP contribution is 2.06. The third-order valence-electron chi connectivity index (χ3n) is 2.44. The van der Waals surface area contributed by atoms with Crippen molar-refractivity contribution in [2.24, 2.45) is 0 Å². The molecule has 2 aromatic rings. The first-order chi connectivity index (χ1) is 8.81. The minimum atomic E-state index is -0.103. The Kier molecular flexibility index (Phi) is 8.54. The first kappa shape index (κ1) is 18.4. The lowest BCUT2D eigenvalue weighted by Gasteiger charge is -2.06. The summed E-state index contributed by atoms with van der Waals surface area (Å²) in [5.41, 5.74) is 0.588. The van der Waals surface area contributed by atoms with Gasteiger partial charge in [0.2, 0.25) is 0 Å². The van der Waals surface area contributed by atoms with Crippen LogP contribution in [0.4, 0.5) is 0 Å². The maximum atomic E-state index is 11.8. The minimum Gasteiger partial charge on any atom is -0.351 e. The van der Waals surface area contributed by atoms with Gasteiger partial charge in [0.05, 0.1) is 0 Å². The Morgan fingerprint density at radius 2 is 2.10 bits per heavy atom. The van der Waals surface area contributed by atoms with Crippen LogP contribution >= 0.6 is 24.8 Å². The Morgan fingerprint density at radius 3 is 2.75 bits per heavy atom. The molecule has 6 nitrogen and oxygen atoms in total. The van der Waals surface area contributed by atoms with Crippen molar-refractivity contribution in [3.63, 3.8) is 0 Å². The molecule has 1 amide bonds. The Labute approximate surface area is 129 Å². The zero-order valence-electron chi connectivity index (χ0n) is 10.9. The molecule has 2 rings (SSSR count). The monoisotopic (exact) mass is 317 g/mol. The highest BCUT2D eigenvalue weighted by Gasteiger charge is 2.06. The molecule has 8 heteroatoms. The van der Waals surface area contributed by atoms with Gasteiger partial charge in [-0.15, -0.1) is 24.8 Å². The van der Waals surface area contributed by atoms with Crippen molar-refractivity contribution in [2.75, 3.05) is 20.1 Å². The number of pyridine rings is 1. The number of amides is 1. The zero-order valence-corrected chi connectivity index (χ0v) is 12.6. The van der Waals surface area contributed by atoms with Crippen LogP contribution in [0.15, 0.2) is 37.1 Å². The van der Waals surface area contributed by atoms with Gasteiger partial charge < -0.3 is 10.6 Å². The third kappa shape index (κ3) is 4.80. The number of carbonyl (C=O) groups excluding carboxylic acids is 1. The van der Waals surface area contributed by atoms with E-state index in [-0.39, 0.29) is 30.7 Å². The van der Waals surface area contributed by atoms with Gasteiger partial charge >= 0.3 is 0 Å². The van der Waals surface area contributed by atoms with Gasteiger partial charge in [0.1, 0.15) is 12.1 Å².